The van der Waals surface area contributed by atoms with Crippen LogP contribution in [0, 0.1) is 21.4 Å². The summed E-state index contributed by atoms with van der Waals surface area (Å²) in [6.45, 7) is 0.553. The zero-order valence-electron chi connectivity index (χ0n) is 13.0. The number of nitrogen functional groups attached to an aromatic ring is 1. The number of methoxy groups -OCH3 is 1. The van der Waals surface area contributed by atoms with Gasteiger partial charge in [0.05, 0.1) is 29.4 Å². The fourth-order valence-electron chi connectivity index (χ4n) is 2.51. The fraction of sp³-hybridized carbons (Fsp3) is 0.200. The molecule has 3 rings (SSSR count). The normalized spacial score (nSPS) is 12.3. The monoisotopic (exact) mass is 344 g/mol. The van der Waals surface area contributed by atoms with Gasteiger partial charge in [-0.1, -0.05) is 0 Å². The number of ether oxygens (including phenoxy) is 3. The number of nitriles is 1. The third-order valence-corrected chi connectivity index (χ3v) is 3.64. The molecule has 2 N–H and O–H groups in total. The first-order valence-corrected chi connectivity index (χ1v) is 7.05. The van der Waals surface area contributed by atoms with E-state index in [1.54, 1.807) is 0 Å². The average molecular weight is 344 g/mol. The van der Waals surface area contributed by atoms with E-state index in [0.29, 0.717) is 0 Å². The lowest BCUT2D eigenvalue weighted by Crippen LogP contribution is -2.17. The minimum Gasteiger partial charge on any atom is -0.486 e. The van der Waals surface area contributed by atoms with Gasteiger partial charge in [0, 0.05) is 12.3 Å². The van der Waals surface area contributed by atoms with E-state index in [9.17, 15) is 14.9 Å². The van der Waals surface area contributed by atoms with E-state index >= 15 is 0 Å². The van der Waals surface area contributed by atoms with E-state index in [-0.39, 0.29) is 53.0 Å². The quantitative estimate of drug-likeness (QED) is 0.500. The van der Waals surface area contributed by atoms with Crippen LogP contribution >= 0.6 is 0 Å². The molecule has 2 heterocycles. The molecular formula is C15H12N4O6. The SMILES string of the molecule is COC(=O)c1c(N)c(C#N)cn1-c1cc2c(cc1[N+](=O)[O-])OCCO2. The van der Waals surface area contributed by atoms with E-state index < -0.39 is 10.9 Å². The lowest BCUT2D eigenvalue weighted by atomic mass is 10.2. The van der Waals surface area contributed by atoms with Crippen LogP contribution in [-0.4, -0.2) is 35.8 Å². The zero-order chi connectivity index (χ0) is 18.1. The molecule has 1 aromatic carbocycles. The summed E-state index contributed by atoms with van der Waals surface area (Å²) in [6, 6.07) is 4.40. The zero-order valence-corrected chi connectivity index (χ0v) is 13.0. The molecular weight excluding hydrogens is 332 g/mol. The minimum atomic E-state index is -0.830. The number of carbonyl (C=O) groups is 1. The number of hydrogen-bond donors (Lipinski definition) is 1. The molecule has 10 nitrogen and oxygen atoms in total. The van der Waals surface area contributed by atoms with Gasteiger partial charge in [0.1, 0.15) is 25.0 Å². The summed E-state index contributed by atoms with van der Waals surface area (Å²) in [4.78, 5) is 22.9. The fourth-order valence-corrected chi connectivity index (χ4v) is 2.51. The number of fused-ring (bicyclic) bond motifs is 1. The molecule has 0 radical (unpaired) electrons. The third-order valence-electron chi connectivity index (χ3n) is 3.64. The molecule has 1 aliphatic heterocycles. The van der Waals surface area contributed by atoms with Crippen LogP contribution < -0.4 is 15.2 Å². The van der Waals surface area contributed by atoms with Crippen LogP contribution in [0.1, 0.15) is 16.1 Å². The smallest absolute Gasteiger partial charge is 0.357 e. The number of rotatable bonds is 3. The van der Waals surface area contributed by atoms with E-state index in [0.717, 1.165) is 11.7 Å². The highest BCUT2D eigenvalue weighted by Crippen LogP contribution is 2.40. The highest BCUT2D eigenvalue weighted by Gasteiger charge is 2.29. The van der Waals surface area contributed by atoms with Crippen LogP contribution in [0.5, 0.6) is 11.5 Å². The number of nitrogens with two attached hydrogens (primary N) is 1. The van der Waals surface area contributed by atoms with Crippen molar-refractivity contribution in [3.8, 4) is 23.3 Å². The molecule has 10 heteroatoms. The van der Waals surface area contributed by atoms with Crippen LogP contribution in [0.3, 0.4) is 0 Å². The molecule has 0 aliphatic carbocycles. The van der Waals surface area contributed by atoms with Gasteiger partial charge in [-0.15, -0.1) is 0 Å². The maximum absolute atomic E-state index is 12.1. The summed E-state index contributed by atoms with van der Waals surface area (Å²) in [5, 5.41) is 20.6. The van der Waals surface area contributed by atoms with Gasteiger partial charge < -0.3 is 24.5 Å². The Kier molecular flexibility index (Phi) is 3.90. The largest absolute Gasteiger partial charge is 0.486 e. The Hall–Kier alpha value is -3.74. The Bertz CT molecular complexity index is 927. The molecule has 0 saturated carbocycles. The number of carbonyl (C=O) groups excluding carboxylic acids is 1. The first-order valence-electron chi connectivity index (χ1n) is 7.05. The first-order chi connectivity index (χ1) is 12.0. The van der Waals surface area contributed by atoms with E-state index in [2.05, 4.69) is 4.74 Å². The van der Waals surface area contributed by atoms with Gasteiger partial charge in [-0.2, -0.15) is 5.26 Å². The molecule has 0 amide bonds. The molecule has 128 valence electrons. The summed E-state index contributed by atoms with van der Waals surface area (Å²) in [6.07, 6.45) is 1.24. The van der Waals surface area contributed by atoms with Gasteiger partial charge in [0.25, 0.3) is 5.69 Å². The second kappa shape index (κ2) is 6.04. The average Bonchev–Trinajstić information content (AvgIpc) is 2.96. The van der Waals surface area contributed by atoms with Crippen LogP contribution in [0.15, 0.2) is 18.3 Å². The third kappa shape index (κ3) is 2.57. The van der Waals surface area contributed by atoms with E-state index in [1.165, 1.54) is 18.3 Å². The number of aromatic nitrogens is 1. The van der Waals surface area contributed by atoms with Gasteiger partial charge in [-0.25, -0.2) is 4.79 Å². The summed E-state index contributed by atoms with van der Waals surface area (Å²) in [5.74, 6) is -0.321. The van der Waals surface area contributed by atoms with Crippen LogP contribution in [0.4, 0.5) is 11.4 Å². The highest BCUT2D eigenvalue weighted by molar-refractivity contribution is 5.96. The molecule has 0 atom stereocenters. The van der Waals surface area contributed by atoms with Gasteiger partial charge in [0.2, 0.25) is 0 Å². The molecule has 1 aromatic heterocycles. The van der Waals surface area contributed by atoms with Gasteiger partial charge >= 0.3 is 5.97 Å². The van der Waals surface area contributed by atoms with Crippen LogP contribution in [0.2, 0.25) is 0 Å². The molecule has 0 unspecified atom stereocenters. The van der Waals surface area contributed by atoms with Crippen molar-refractivity contribution in [1.82, 2.24) is 4.57 Å². The molecule has 2 aromatic rings. The topological polar surface area (TPSA) is 143 Å². The summed E-state index contributed by atoms with van der Waals surface area (Å²) in [5.41, 5.74) is 5.17. The number of esters is 1. The molecule has 0 bridgehead atoms. The molecule has 25 heavy (non-hydrogen) atoms. The van der Waals surface area contributed by atoms with Crippen molar-refractivity contribution < 1.29 is 23.9 Å². The Labute approximate surface area is 141 Å². The molecule has 0 spiro atoms. The van der Waals surface area contributed by atoms with Crippen molar-refractivity contribution in [2.45, 2.75) is 0 Å². The second-order valence-electron chi connectivity index (χ2n) is 5.02. The minimum absolute atomic E-state index is 0.00264. The summed E-state index contributed by atoms with van der Waals surface area (Å²) in [7, 11) is 1.14. The second-order valence-corrected chi connectivity index (χ2v) is 5.02. The van der Waals surface area contributed by atoms with Gasteiger partial charge in [-0.05, 0) is 0 Å². The van der Waals surface area contributed by atoms with Crippen molar-refractivity contribution in [3.63, 3.8) is 0 Å². The van der Waals surface area contributed by atoms with Crippen molar-refractivity contribution in [3.05, 3.63) is 39.7 Å². The predicted molar refractivity (Wildman–Crippen MR) is 83.9 cm³/mol. The molecule has 0 fully saturated rings. The van der Waals surface area contributed by atoms with Crippen molar-refractivity contribution in [1.29, 1.82) is 5.26 Å². The maximum Gasteiger partial charge on any atom is 0.357 e. The first kappa shape index (κ1) is 16.1. The van der Waals surface area contributed by atoms with Crippen LogP contribution in [-0.2, 0) is 4.74 Å². The summed E-state index contributed by atoms with van der Waals surface area (Å²) >= 11 is 0. The van der Waals surface area contributed by atoms with Gasteiger partial charge in [0.15, 0.2) is 17.2 Å². The van der Waals surface area contributed by atoms with Gasteiger partial charge in [-0.3, -0.25) is 10.1 Å². The van der Waals surface area contributed by atoms with Crippen molar-refractivity contribution in [2.24, 2.45) is 0 Å². The van der Waals surface area contributed by atoms with E-state index in [4.69, 9.17) is 20.5 Å². The Morgan fingerprint density at radius 2 is 2.04 bits per heavy atom. The predicted octanol–water partition coefficient (Wildman–Crippen LogP) is 1.40. The van der Waals surface area contributed by atoms with Crippen LogP contribution in [0.25, 0.3) is 5.69 Å². The maximum atomic E-state index is 12.1. The van der Waals surface area contributed by atoms with Crippen molar-refractivity contribution in [2.75, 3.05) is 26.1 Å². The summed E-state index contributed by atoms with van der Waals surface area (Å²) < 4.78 is 16.6. The van der Waals surface area contributed by atoms with E-state index in [1.807, 2.05) is 6.07 Å². The number of benzene rings is 1. The highest BCUT2D eigenvalue weighted by atomic mass is 16.6. The Balaban J connectivity index is 2.31. The number of nitro benzene ring substituents is 1. The number of hydrogen-bond acceptors (Lipinski definition) is 8. The Morgan fingerprint density at radius 3 is 2.60 bits per heavy atom. The molecule has 1 aliphatic rings. The lowest BCUT2D eigenvalue weighted by Gasteiger charge is -2.19. The molecule has 0 saturated heterocycles. The number of nitro groups is 1. The lowest BCUT2D eigenvalue weighted by molar-refractivity contribution is -0.384. The number of anilines is 1. The number of nitrogens with zero attached hydrogens (tertiary/aromatic N) is 3. The standard InChI is InChI=1S/C15H12N4O6/c1-23-15(20)14-13(17)8(6-16)7-18(14)9-4-11-12(25-3-2-24-11)5-10(9)19(21)22/h4-5,7H,2-3,17H2,1H3. The van der Waals surface area contributed by atoms with Crippen molar-refractivity contribution >= 4 is 17.3 Å². The Morgan fingerprint density at radius 1 is 1.40 bits per heavy atom.